The highest BCUT2D eigenvalue weighted by Gasteiger charge is 2.20. The van der Waals surface area contributed by atoms with Crippen LogP contribution in [-0.2, 0) is 0 Å². The monoisotopic (exact) mass is 251 g/mol. The topological polar surface area (TPSA) is 32.3 Å². The molecule has 0 bridgehead atoms. The van der Waals surface area contributed by atoms with Gasteiger partial charge in [-0.2, -0.15) is 0 Å². The van der Waals surface area contributed by atoms with E-state index in [4.69, 9.17) is 11.6 Å². The molecule has 0 heterocycles. The quantitative estimate of drug-likeness (QED) is 0.804. The molecule has 0 saturated carbocycles. The summed E-state index contributed by atoms with van der Waals surface area (Å²) in [4.78, 5) is 0. The third-order valence-electron chi connectivity index (χ3n) is 3.25. The predicted molar refractivity (Wildman–Crippen MR) is 72.4 cm³/mol. The largest absolute Gasteiger partial charge is 0.394 e. The molecule has 2 atom stereocenters. The Labute approximate surface area is 107 Å². The van der Waals surface area contributed by atoms with Crippen molar-refractivity contribution in [1.82, 2.24) is 0 Å². The van der Waals surface area contributed by atoms with Crippen molar-refractivity contribution >= 4 is 17.3 Å². The van der Waals surface area contributed by atoms with E-state index in [-0.39, 0.29) is 12.6 Å². The highest BCUT2D eigenvalue weighted by molar-refractivity contribution is 6.30. The van der Waals surface area contributed by atoms with Crippen molar-refractivity contribution in [2.24, 2.45) is 5.92 Å². The van der Waals surface area contributed by atoms with Crippen molar-refractivity contribution in [2.75, 3.05) is 11.9 Å². The van der Waals surface area contributed by atoms with Crippen LogP contribution in [0.3, 0.4) is 0 Å². The lowest BCUT2D eigenvalue weighted by Crippen LogP contribution is -2.33. The number of benzene rings is 1. The van der Waals surface area contributed by atoms with Gasteiger partial charge in [-0.05, 0) is 43.4 Å². The minimum absolute atomic E-state index is 0.110. The van der Waals surface area contributed by atoms with Crippen molar-refractivity contribution in [3.8, 4) is 0 Å². The Hall–Kier alpha value is -0.990. The minimum Gasteiger partial charge on any atom is -0.394 e. The molecular formula is C14H18ClNO. The van der Waals surface area contributed by atoms with Crippen LogP contribution >= 0.6 is 11.6 Å². The second-order valence-electron chi connectivity index (χ2n) is 4.49. The van der Waals surface area contributed by atoms with Crippen LogP contribution in [0.15, 0.2) is 36.4 Å². The zero-order chi connectivity index (χ0) is 12.1. The van der Waals surface area contributed by atoms with E-state index >= 15 is 0 Å². The first-order valence-corrected chi connectivity index (χ1v) is 6.45. The maximum absolute atomic E-state index is 9.49. The summed E-state index contributed by atoms with van der Waals surface area (Å²) in [6.07, 6.45) is 7.70. The number of anilines is 1. The van der Waals surface area contributed by atoms with Gasteiger partial charge in [-0.25, -0.2) is 0 Å². The molecule has 0 fully saturated rings. The van der Waals surface area contributed by atoms with Gasteiger partial charge in [-0.15, -0.1) is 0 Å². The maximum Gasteiger partial charge on any atom is 0.0635 e. The summed E-state index contributed by atoms with van der Waals surface area (Å²) in [6, 6.07) is 7.75. The number of nitrogens with one attached hydrogen (secondary N) is 1. The smallest absolute Gasteiger partial charge is 0.0635 e. The van der Waals surface area contributed by atoms with Crippen LogP contribution in [-0.4, -0.2) is 17.8 Å². The van der Waals surface area contributed by atoms with E-state index in [1.807, 2.05) is 24.3 Å². The summed E-state index contributed by atoms with van der Waals surface area (Å²) in [6.45, 7) is 0.158. The molecule has 1 aromatic rings. The van der Waals surface area contributed by atoms with E-state index in [2.05, 4.69) is 17.5 Å². The first kappa shape index (κ1) is 12.5. The molecular weight excluding hydrogens is 234 g/mol. The van der Waals surface area contributed by atoms with E-state index in [1.165, 1.54) is 0 Å². The predicted octanol–water partition coefficient (Wildman–Crippen LogP) is 3.47. The summed E-state index contributed by atoms with van der Waals surface area (Å²) in [5.74, 6) is 0.504. The molecule has 1 aromatic carbocycles. The Morgan fingerprint density at radius 3 is 2.94 bits per heavy atom. The fourth-order valence-corrected chi connectivity index (χ4v) is 2.48. The molecule has 2 rings (SSSR count). The molecule has 0 saturated heterocycles. The molecule has 17 heavy (non-hydrogen) atoms. The van der Waals surface area contributed by atoms with Crippen molar-refractivity contribution < 1.29 is 5.11 Å². The molecule has 0 aromatic heterocycles. The number of hydrogen-bond acceptors (Lipinski definition) is 2. The zero-order valence-corrected chi connectivity index (χ0v) is 10.5. The lowest BCUT2D eigenvalue weighted by Gasteiger charge is -2.28. The molecule has 0 aliphatic heterocycles. The first-order chi connectivity index (χ1) is 8.29. The van der Waals surface area contributed by atoms with Crippen molar-refractivity contribution in [1.29, 1.82) is 0 Å². The molecule has 92 valence electrons. The molecule has 1 aliphatic carbocycles. The van der Waals surface area contributed by atoms with Crippen molar-refractivity contribution in [2.45, 2.75) is 25.3 Å². The Bertz CT molecular complexity index is 392. The van der Waals surface area contributed by atoms with E-state index in [9.17, 15) is 5.11 Å². The molecule has 0 radical (unpaired) electrons. The van der Waals surface area contributed by atoms with Gasteiger partial charge in [0.25, 0.3) is 0 Å². The number of aliphatic hydroxyl groups is 1. The Morgan fingerprint density at radius 1 is 1.41 bits per heavy atom. The lowest BCUT2D eigenvalue weighted by molar-refractivity contribution is 0.230. The Balaban J connectivity index is 2.01. The van der Waals surface area contributed by atoms with Gasteiger partial charge in [0.15, 0.2) is 0 Å². The van der Waals surface area contributed by atoms with E-state index in [0.717, 1.165) is 30.0 Å². The third-order valence-corrected chi connectivity index (χ3v) is 3.49. The molecule has 2 nitrogen and oxygen atoms in total. The standard InChI is InChI=1S/C14H18ClNO/c15-12-7-4-8-13(9-12)16-14(10-17)11-5-2-1-3-6-11/h1-2,4,7-9,11,14,16-17H,3,5-6,10H2. The molecule has 1 aliphatic rings. The Kier molecular flexibility index (Phi) is 4.46. The molecule has 2 N–H and O–H groups in total. The number of aliphatic hydroxyl groups excluding tert-OH is 1. The van der Waals surface area contributed by atoms with E-state index in [0.29, 0.717) is 5.92 Å². The average Bonchev–Trinajstić information content (AvgIpc) is 2.37. The second kappa shape index (κ2) is 6.08. The van der Waals surface area contributed by atoms with Gasteiger partial charge in [0.1, 0.15) is 0 Å². The van der Waals surface area contributed by atoms with Crippen molar-refractivity contribution in [3.63, 3.8) is 0 Å². The maximum atomic E-state index is 9.49. The normalized spacial score (nSPS) is 21.2. The molecule has 0 amide bonds. The van der Waals surface area contributed by atoms with Crippen LogP contribution in [0.4, 0.5) is 5.69 Å². The number of hydrogen-bond donors (Lipinski definition) is 2. The fourth-order valence-electron chi connectivity index (χ4n) is 2.29. The van der Waals surface area contributed by atoms with Crippen LogP contribution in [0.5, 0.6) is 0 Å². The van der Waals surface area contributed by atoms with Crippen LogP contribution < -0.4 is 5.32 Å². The van der Waals surface area contributed by atoms with E-state index in [1.54, 1.807) is 0 Å². The van der Waals surface area contributed by atoms with Gasteiger partial charge in [0.05, 0.1) is 12.6 Å². The lowest BCUT2D eigenvalue weighted by atomic mass is 9.88. The summed E-state index contributed by atoms with van der Waals surface area (Å²) in [7, 11) is 0. The minimum atomic E-state index is 0.110. The SMILES string of the molecule is OCC(Nc1cccc(Cl)c1)C1CC=CCC1. The van der Waals surface area contributed by atoms with Gasteiger partial charge < -0.3 is 10.4 Å². The molecule has 2 unspecified atom stereocenters. The van der Waals surface area contributed by atoms with Crippen LogP contribution in [0.25, 0.3) is 0 Å². The number of rotatable bonds is 4. The number of halogens is 1. The van der Waals surface area contributed by atoms with Gasteiger partial charge in [0.2, 0.25) is 0 Å². The highest BCUT2D eigenvalue weighted by Crippen LogP contribution is 2.25. The summed E-state index contributed by atoms with van der Waals surface area (Å²) in [5.41, 5.74) is 0.978. The zero-order valence-electron chi connectivity index (χ0n) is 9.77. The first-order valence-electron chi connectivity index (χ1n) is 6.07. The molecule has 0 spiro atoms. The average molecular weight is 252 g/mol. The summed E-state index contributed by atoms with van der Waals surface area (Å²) in [5, 5.41) is 13.6. The third kappa shape index (κ3) is 3.48. The second-order valence-corrected chi connectivity index (χ2v) is 4.92. The highest BCUT2D eigenvalue weighted by atomic mass is 35.5. The van der Waals surface area contributed by atoms with Gasteiger partial charge in [0, 0.05) is 10.7 Å². The van der Waals surface area contributed by atoms with Crippen molar-refractivity contribution in [3.05, 3.63) is 41.4 Å². The van der Waals surface area contributed by atoms with Gasteiger partial charge in [-0.3, -0.25) is 0 Å². The van der Waals surface area contributed by atoms with Gasteiger partial charge in [-0.1, -0.05) is 29.8 Å². The fraction of sp³-hybridized carbons (Fsp3) is 0.429. The summed E-state index contributed by atoms with van der Waals surface area (Å²) >= 11 is 5.94. The van der Waals surface area contributed by atoms with Gasteiger partial charge >= 0.3 is 0 Å². The van der Waals surface area contributed by atoms with E-state index < -0.39 is 0 Å². The Morgan fingerprint density at radius 2 is 2.29 bits per heavy atom. The number of allylic oxidation sites excluding steroid dienone is 2. The summed E-state index contributed by atoms with van der Waals surface area (Å²) < 4.78 is 0. The molecule has 3 heteroatoms. The van der Waals surface area contributed by atoms with Crippen LogP contribution in [0, 0.1) is 5.92 Å². The van der Waals surface area contributed by atoms with Crippen LogP contribution in [0.1, 0.15) is 19.3 Å². The van der Waals surface area contributed by atoms with Crippen LogP contribution in [0.2, 0.25) is 5.02 Å².